The predicted octanol–water partition coefficient (Wildman–Crippen LogP) is 2.34. The molecular weight excluding hydrogens is 408 g/mol. The summed E-state index contributed by atoms with van der Waals surface area (Å²) >= 11 is 5.90. The number of fused-ring (bicyclic) bond motifs is 1. The van der Waals surface area contributed by atoms with Crippen molar-refractivity contribution in [1.82, 2.24) is 24.5 Å². The van der Waals surface area contributed by atoms with Crippen LogP contribution in [0.2, 0.25) is 5.02 Å². The van der Waals surface area contributed by atoms with E-state index in [4.69, 9.17) is 16.3 Å². The molecule has 2 heterocycles. The molecule has 0 fully saturated rings. The Morgan fingerprint density at radius 1 is 1.13 bits per heavy atom. The average Bonchev–Trinajstić information content (AvgIpc) is 3.16. The van der Waals surface area contributed by atoms with Crippen molar-refractivity contribution < 1.29 is 9.53 Å². The summed E-state index contributed by atoms with van der Waals surface area (Å²) in [5.41, 5.74) is 1.55. The number of hydrogen-bond donors (Lipinski definition) is 1. The van der Waals surface area contributed by atoms with Crippen LogP contribution in [-0.2, 0) is 17.9 Å². The number of halogens is 1. The van der Waals surface area contributed by atoms with Gasteiger partial charge in [-0.1, -0.05) is 28.9 Å². The van der Waals surface area contributed by atoms with Crippen molar-refractivity contribution in [3.63, 3.8) is 0 Å². The molecule has 1 N–H and O–H groups in total. The van der Waals surface area contributed by atoms with Crippen molar-refractivity contribution in [3.05, 3.63) is 75.8 Å². The largest absolute Gasteiger partial charge is 0.497 e. The van der Waals surface area contributed by atoms with Gasteiger partial charge in [-0.25, -0.2) is 9.67 Å². The Morgan fingerprint density at radius 2 is 1.87 bits per heavy atom. The van der Waals surface area contributed by atoms with E-state index in [1.807, 2.05) is 12.1 Å². The SMILES string of the molecule is COc1ccc(NC(=O)Cn2cnc3c(nnn3Cc3ccc(Cl)cc3)c2=O)cc1. The number of anilines is 1. The van der Waals surface area contributed by atoms with E-state index in [-0.39, 0.29) is 18.0 Å². The van der Waals surface area contributed by atoms with Gasteiger partial charge < -0.3 is 10.1 Å². The van der Waals surface area contributed by atoms with E-state index in [0.717, 1.165) is 5.56 Å². The Kier molecular flexibility index (Phi) is 5.44. The molecular formula is C20H17ClN6O3. The van der Waals surface area contributed by atoms with Crippen molar-refractivity contribution in [2.75, 3.05) is 12.4 Å². The van der Waals surface area contributed by atoms with Crippen molar-refractivity contribution in [3.8, 4) is 5.75 Å². The number of carbonyl (C=O) groups excluding carboxylic acids is 1. The Hall–Kier alpha value is -3.72. The Labute approximate surface area is 175 Å². The zero-order chi connectivity index (χ0) is 21.1. The summed E-state index contributed by atoms with van der Waals surface area (Å²) in [6.07, 6.45) is 1.32. The van der Waals surface area contributed by atoms with E-state index in [2.05, 4.69) is 20.6 Å². The lowest BCUT2D eigenvalue weighted by molar-refractivity contribution is -0.116. The Bertz CT molecular complexity index is 1250. The molecule has 2 aromatic carbocycles. The zero-order valence-corrected chi connectivity index (χ0v) is 16.7. The minimum atomic E-state index is -0.438. The molecule has 0 saturated carbocycles. The maximum absolute atomic E-state index is 12.7. The minimum absolute atomic E-state index is 0.101. The summed E-state index contributed by atoms with van der Waals surface area (Å²) < 4.78 is 7.81. The van der Waals surface area contributed by atoms with Gasteiger partial charge in [-0.05, 0) is 42.0 Å². The van der Waals surface area contributed by atoms with Gasteiger partial charge in [0.15, 0.2) is 11.2 Å². The summed E-state index contributed by atoms with van der Waals surface area (Å²) in [5, 5.41) is 11.3. The second kappa shape index (κ2) is 8.34. The van der Waals surface area contributed by atoms with Crippen LogP contribution in [0.5, 0.6) is 5.75 Å². The fraction of sp³-hybridized carbons (Fsp3) is 0.150. The molecule has 0 bridgehead atoms. The standard InChI is InChI=1S/C20H17ClN6O3/c1-30-16-8-6-15(7-9-16)23-17(28)11-26-12-22-19-18(20(26)29)24-25-27(19)10-13-2-4-14(21)5-3-13/h2-9,12H,10-11H2,1H3,(H,23,28). The monoisotopic (exact) mass is 424 g/mol. The molecule has 0 atom stereocenters. The van der Waals surface area contributed by atoms with Crippen LogP contribution in [0.4, 0.5) is 5.69 Å². The first-order valence-electron chi connectivity index (χ1n) is 9.00. The first-order valence-corrected chi connectivity index (χ1v) is 9.38. The van der Waals surface area contributed by atoms with E-state index < -0.39 is 5.56 Å². The zero-order valence-electron chi connectivity index (χ0n) is 15.9. The number of methoxy groups -OCH3 is 1. The van der Waals surface area contributed by atoms with Crippen LogP contribution in [0.25, 0.3) is 11.2 Å². The number of hydrogen-bond acceptors (Lipinski definition) is 6. The molecule has 0 aliphatic carbocycles. The van der Waals surface area contributed by atoms with Gasteiger partial charge in [0.05, 0.1) is 13.7 Å². The highest BCUT2D eigenvalue weighted by atomic mass is 35.5. The third kappa shape index (κ3) is 4.15. The second-order valence-corrected chi connectivity index (χ2v) is 6.94. The van der Waals surface area contributed by atoms with Crippen LogP contribution in [-0.4, -0.2) is 37.6 Å². The predicted molar refractivity (Wildman–Crippen MR) is 112 cm³/mol. The number of aromatic nitrogens is 5. The highest BCUT2D eigenvalue weighted by Gasteiger charge is 2.14. The smallest absolute Gasteiger partial charge is 0.283 e. The molecule has 30 heavy (non-hydrogen) atoms. The number of benzene rings is 2. The maximum atomic E-state index is 12.7. The van der Waals surface area contributed by atoms with Crippen LogP contribution in [0.3, 0.4) is 0 Å². The summed E-state index contributed by atoms with van der Waals surface area (Å²) in [4.78, 5) is 29.3. The van der Waals surface area contributed by atoms with E-state index >= 15 is 0 Å². The highest BCUT2D eigenvalue weighted by molar-refractivity contribution is 6.30. The average molecular weight is 425 g/mol. The van der Waals surface area contributed by atoms with Crippen LogP contribution in [0, 0.1) is 0 Å². The second-order valence-electron chi connectivity index (χ2n) is 6.50. The lowest BCUT2D eigenvalue weighted by atomic mass is 10.2. The first-order chi connectivity index (χ1) is 14.5. The fourth-order valence-corrected chi connectivity index (χ4v) is 3.02. The summed E-state index contributed by atoms with van der Waals surface area (Å²) in [6, 6.07) is 14.2. The molecule has 4 rings (SSSR count). The highest BCUT2D eigenvalue weighted by Crippen LogP contribution is 2.15. The molecule has 2 aromatic heterocycles. The number of nitrogens with one attached hydrogen (secondary N) is 1. The third-order valence-electron chi connectivity index (χ3n) is 4.43. The molecule has 4 aromatic rings. The number of rotatable bonds is 6. The molecule has 9 nitrogen and oxygen atoms in total. The van der Waals surface area contributed by atoms with Crippen molar-refractivity contribution in [2.45, 2.75) is 13.1 Å². The molecule has 1 amide bonds. The molecule has 0 aliphatic heterocycles. The first kappa shape index (κ1) is 19.6. The van der Waals surface area contributed by atoms with Gasteiger partial charge in [-0.15, -0.1) is 5.10 Å². The summed E-state index contributed by atoms with van der Waals surface area (Å²) in [6.45, 7) is 0.194. The molecule has 10 heteroatoms. The fourth-order valence-electron chi connectivity index (χ4n) is 2.90. The van der Waals surface area contributed by atoms with Gasteiger partial charge in [-0.3, -0.25) is 14.2 Å². The lowest BCUT2D eigenvalue weighted by Gasteiger charge is -2.08. The number of amides is 1. The van der Waals surface area contributed by atoms with E-state index in [0.29, 0.717) is 28.7 Å². The minimum Gasteiger partial charge on any atom is -0.497 e. The lowest BCUT2D eigenvalue weighted by Crippen LogP contribution is -2.28. The number of ether oxygens (including phenoxy) is 1. The van der Waals surface area contributed by atoms with Crippen molar-refractivity contribution >= 4 is 34.4 Å². The summed E-state index contributed by atoms with van der Waals surface area (Å²) in [7, 11) is 1.56. The van der Waals surface area contributed by atoms with Crippen LogP contribution < -0.4 is 15.6 Å². The van der Waals surface area contributed by atoms with Gasteiger partial charge in [0.25, 0.3) is 5.56 Å². The van der Waals surface area contributed by atoms with E-state index in [1.165, 1.54) is 15.6 Å². The topological polar surface area (TPSA) is 104 Å². The molecule has 0 spiro atoms. The van der Waals surface area contributed by atoms with Gasteiger partial charge in [0.1, 0.15) is 18.6 Å². The summed E-state index contributed by atoms with van der Waals surface area (Å²) in [5.74, 6) is 0.317. The van der Waals surface area contributed by atoms with E-state index in [1.54, 1.807) is 43.5 Å². The quantitative estimate of drug-likeness (QED) is 0.509. The third-order valence-corrected chi connectivity index (χ3v) is 4.68. The van der Waals surface area contributed by atoms with Crippen LogP contribution >= 0.6 is 11.6 Å². The molecule has 152 valence electrons. The van der Waals surface area contributed by atoms with E-state index in [9.17, 15) is 9.59 Å². The van der Waals surface area contributed by atoms with Crippen molar-refractivity contribution in [2.24, 2.45) is 0 Å². The normalized spacial score (nSPS) is 10.9. The molecule has 0 radical (unpaired) electrons. The van der Waals surface area contributed by atoms with Crippen LogP contribution in [0.1, 0.15) is 5.56 Å². The maximum Gasteiger partial charge on any atom is 0.283 e. The molecule has 0 aliphatic rings. The number of nitrogens with zero attached hydrogens (tertiary/aromatic N) is 5. The number of carbonyl (C=O) groups is 1. The van der Waals surface area contributed by atoms with Gasteiger partial charge >= 0.3 is 0 Å². The van der Waals surface area contributed by atoms with Gasteiger partial charge in [0, 0.05) is 10.7 Å². The Morgan fingerprint density at radius 3 is 2.57 bits per heavy atom. The van der Waals surface area contributed by atoms with Gasteiger partial charge in [0.2, 0.25) is 5.91 Å². The van der Waals surface area contributed by atoms with Gasteiger partial charge in [-0.2, -0.15) is 0 Å². The van der Waals surface area contributed by atoms with Crippen molar-refractivity contribution in [1.29, 1.82) is 0 Å². The molecule has 0 saturated heterocycles. The Balaban J connectivity index is 1.51. The molecule has 0 unspecified atom stereocenters. The van der Waals surface area contributed by atoms with Crippen LogP contribution in [0.15, 0.2) is 59.7 Å².